The number of pyridine rings is 1. The molecule has 0 saturated carbocycles. The summed E-state index contributed by atoms with van der Waals surface area (Å²) in [5.74, 6) is 0. The van der Waals surface area contributed by atoms with E-state index in [4.69, 9.17) is 0 Å². The molecule has 0 N–H and O–H groups in total. The average molecular weight is 406 g/mol. The summed E-state index contributed by atoms with van der Waals surface area (Å²) in [5, 5.41) is 16.6. The van der Waals surface area contributed by atoms with E-state index in [1.165, 1.54) is 43.4 Å². The Hall–Kier alpha value is -4.48. The van der Waals surface area contributed by atoms with Crippen LogP contribution < -0.4 is 0 Å². The number of hydrogen-bond acceptors (Lipinski definition) is 2. The van der Waals surface area contributed by atoms with Crippen LogP contribution in [-0.2, 0) is 0 Å². The van der Waals surface area contributed by atoms with Crippen molar-refractivity contribution in [1.29, 1.82) is 5.26 Å². The standard InChI is InChI=1S/C30H18N2/c31-19-22-16-21(14-15-32-22)28-18-30-25-12-6-4-10-23(25)27(20-8-2-1-3-9-20)17-29(30)26-13-7-5-11-24(26)28/h1-18H. The number of nitrogens with zero attached hydrogens (tertiary/aromatic N) is 2. The van der Waals surface area contributed by atoms with Crippen LogP contribution >= 0.6 is 0 Å². The van der Waals surface area contributed by atoms with Crippen LogP contribution in [0.2, 0.25) is 0 Å². The third kappa shape index (κ3) is 2.84. The van der Waals surface area contributed by atoms with E-state index in [0.717, 1.165) is 11.1 Å². The van der Waals surface area contributed by atoms with Crippen LogP contribution in [0.1, 0.15) is 5.69 Å². The summed E-state index contributed by atoms with van der Waals surface area (Å²) in [7, 11) is 0. The molecule has 6 rings (SSSR count). The lowest BCUT2D eigenvalue weighted by atomic mass is 9.88. The van der Waals surface area contributed by atoms with E-state index in [1.807, 2.05) is 12.1 Å². The van der Waals surface area contributed by atoms with E-state index in [1.54, 1.807) is 6.20 Å². The minimum absolute atomic E-state index is 0.427. The van der Waals surface area contributed by atoms with Crippen molar-refractivity contribution in [3.63, 3.8) is 0 Å². The number of rotatable bonds is 2. The number of nitriles is 1. The van der Waals surface area contributed by atoms with Gasteiger partial charge in [0.1, 0.15) is 11.8 Å². The zero-order chi connectivity index (χ0) is 21.5. The van der Waals surface area contributed by atoms with Gasteiger partial charge in [0.15, 0.2) is 0 Å². The normalized spacial score (nSPS) is 11.1. The summed E-state index contributed by atoms with van der Waals surface area (Å²) >= 11 is 0. The number of benzene rings is 5. The van der Waals surface area contributed by atoms with Crippen molar-refractivity contribution >= 4 is 32.3 Å². The Balaban J connectivity index is 1.79. The van der Waals surface area contributed by atoms with Gasteiger partial charge in [0.25, 0.3) is 0 Å². The second-order valence-electron chi connectivity index (χ2n) is 7.94. The van der Waals surface area contributed by atoms with E-state index in [9.17, 15) is 5.26 Å². The third-order valence-corrected chi connectivity index (χ3v) is 6.15. The van der Waals surface area contributed by atoms with Gasteiger partial charge in [-0.15, -0.1) is 0 Å². The summed E-state index contributed by atoms with van der Waals surface area (Å²) < 4.78 is 0. The maximum absolute atomic E-state index is 9.36. The molecule has 0 aliphatic heterocycles. The molecule has 0 amide bonds. The fourth-order valence-corrected chi connectivity index (χ4v) is 4.71. The SMILES string of the molecule is N#Cc1cc(-c2cc3c4ccccc4c(-c4ccccc4)cc3c3ccccc23)ccn1. The summed E-state index contributed by atoms with van der Waals surface area (Å²) in [6, 6.07) is 38.3. The zero-order valence-corrected chi connectivity index (χ0v) is 17.3. The van der Waals surface area contributed by atoms with Crippen LogP contribution in [0.15, 0.2) is 109 Å². The van der Waals surface area contributed by atoms with Crippen molar-refractivity contribution in [2.45, 2.75) is 0 Å². The molecule has 1 aromatic heterocycles. The summed E-state index contributed by atoms with van der Waals surface area (Å²) in [6.45, 7) is 0. The van der Waals surface area contributed by atoms with Crippen LogP contribution in [0.25, 0.3) is 54.6 Å². The van der Waals surface area contributed by atoms with Crippen LogP contribution in [0.4, 0.5) is 0 Å². The Labute approximate surface area is 186 Å². The first-order chi connectivity index (χ1) is 15.8. The molecule has 2 heteroatoms. The van der Waals surface area contributed by atoms with Gasteiger partial charge < -0.3 is 0 Å². The minimum Gasteiger partial charge on any atom is -0.246 e. The van der Waals surface area contributed by atoms with Gasteiger partial charge in [0.05, 0.1) is 0 Å². The molecule has 0 saturated heterocycles. The van der Waals surface area contributed by atoms with Gasteiger partial charge in [0, 0.05) is 6.20 Å². The van der Waals surface area contributed by atoms with Gasteiger partial charge in [-0.05, 0) is 78.8 Å². The fourth-order valence-electron chi connectivity index (χ4n) is 4.71. The Morgan fingerprint density at radius 2 is 1.03 bits per heavy atom. The van der Waals surface area contributed by atoms with Gasteiger partial charge in [0.2, 0.25) is 0 Å². The van der Waals surface area contributed by atoms with Crippen molar-refractivity contribution < 1.29 is 0 Å². The summed E-state index contributed by atoms with van der Waals surface area (Å²) in [6.07, 6.45) is 1.71. The average Bonchev–Trinajstić information content (AvgIpc) is 2.88. The van der Waals surface area contributed by atoms with E-state index in [-0.39, 0.29) is 0 Å². The van der Waals surface area contributed by atoms with Gasteiger partial charge in [-0.25, -0.2) is 4.98 Å². The Morgan fingerprint density at radius 3 is 1.62 bits per heavy atom. The Bertz CT molecular complexity index is 1680. The Kier molecular flexibility index (Phi) is 4.20. The van der Waals surface area contributed by atoms with Gasteiger partial charge in [-0.1, -0.05) is 78.9 Å². The minimum atomic E-state index is 0.427. The first-order valence-electron chi connectivity index (χ1n) is 10.6. The molecule has 0 aliphatic carbocycles. The highest BCUT2D eigenvalue weighted by Gasteiger charge is 2.14. The summed E-state index contributed by atoms with van der Waals surface area (Å²) in [4.78, 5) is 4.16. The third-order valence-electron chi connectivity index (χ3n) is 6.15. The molecule has 0 fully saturated rings. The molecule has 0 atom stereocenters. The van der Waals surface area contributed by atoms with Crippen molar-refractivity contribution in [2.24, 2.45) is 0 Å². The molecule has 0 unspecified atom stereocenters. The van der Waals surface area contributed by atoms with Crippen molar-refractivity contribution in [3.05, 3.63) is 115 Å². The van der Waals surface area contributed by atoms with Crippen molar-refractivity contribution in [3.8, 4) is 28.3 Å². The van der Waals surface area contributed by atoms with Gasteiger partial charge in [-0.2, -0.15) is 5.26 Å². The van der Waals surface area contributed by atoms with Gasteiger partial charge in [-0.3, -0.25) is 0 Å². The van der Waals surface area contributed by atoms with Gasteiger partial charge >= 0.3 is 0 Å². The monoisotopic (exact) mass is 406 g/mol. The number of aromatic nitrogens is 1. The maximum atomic E-state index is 9.36. The van der Waals surface area contributed by atoms with E-state index < -0.39 is 0 Å². The lowest BCUT2D eigenvalue weighted by molar-refractivity contribution is 1.27. The molecule has 0 radical (unpaired) electrons. The highest BCUT2D eigenvalue weighted by atomic mass is 14.7. The van der Waals surface area contributed by atoms with E-state index in [0.29, 0.717) is 5.69 Å². The van der Waals surface area contributed by atoms with Crippen LogP contribution in [0.5, 0.6) is 0 Å². The quantitative estimate of drug-likeness (QED) is 0.276. The molecule has 2 nitrogen and oxygen atoms in total. The largest absolute Gasteiger partial charge is 0.246 e. The van der Waals surface area contributed by atoms with Crippen LogP contribution in [-0.4, -0.2) is 4.98 Å². The molecule has 32 heavy (non-hydrogen) atoms. The van der Waals surface area contributed by atoms with Crippen LogP contribution in [0, 0.1) is 11.3 Å². The van der Waals surface area contributed by atoms with E-state index in [2.05, 4.69) is 102 Å². The molecule has 0 aliphatic rings. The first-order valence-corrected chi connectivity index (χ1v) is 10.6. The summed E-state index contributed by atoms with van der Waals surface area (Å²) in [5.41, 5.74) is 5.00. The zero-order valence-electron chi connectivity index (χ0n) is 17.3. The smallest absolute Gasteiger partial charge is 0.141 e. The number of fused-ring (bicyclic) bond motifs is 5. The topological polar surface area (TPSA) is 36.7 Å². The van der Waals surface area contributed by atoms with Crippen molar-refractivity contribution in [1.82, 2.24) is 4.98 Å². The second-order valence-corrected chi connectivity index (χ2v) is 7.94. The number of hydrogen-bond donors (Lipinski definition) is 0. The highest BCUT2D eigenvalue weighted by Crippen LogP contribution is 2.41. The lowest BCUT2D eigenvalue weighted by Gasteiger charge is -2.16. The molecule has 1 heterocycles. The second kappa shape index (κ2) is 7.34. The lowest BCUT2D eigenvalue weighted by Crippen LogP contribution is -1.90. The molecule has 5 aromatic carbocycles. The molecule has 148 valence electrons. The maximum Gasteiger partial charge on any atom is 0.141 e. The molecule has 0 bridgehead atoms. The van der Waals surface area contributed by atoms with Crippen LogP contribution in [0.3, 0.4) is 0 Å². The molecule has 0 spiro atoms. The molecular weight excluding hydrogens is 388 g/mol. The molecule has 6 aromatic rings. The fraction of sp³-hybridized carbons (Fsp3) is 0. The molecular formula is C30H18N2. The predicted octanol–water partition coefficient (Wildman–Crippen LogP) is 7.75. The van der Waals surface area contributed by atoms with E-state index >= 15 is 0 Å². The highest BCUT2D eigenvalue weighted by molar-refractivity contribution is 6.23. The first kappa shape index (κ1) is 18.3. The van der Waals surface area contributed by atoms with Crippen molar-refractivity contribution in [2.75, 3.05) is 0 Å². The predicted molar refractivity (Wildman–Crippen MR) is 132 cm³/mol. The Morgan fingerprint density at radius 1 is 0.500 bits per heavy atom.